The molecule has 0 amide bonds. The SMILES string of the molecule is C(=NOCCN1CCOCC1)C1CNC1. The molecule has 86 valence electrons. The van der Waals surface area contributed by atoms with Gasteiger partial charge in [-0.1, -0.05) is 5.16 Å². The van der Waals surface area contributed by atoms with Crippen molar-refractivity contribution in [2.24, 2.45) is 11.1 Å². The molecular weight excluding hydrogens is 194 g/mol. The lowest BCUT2D eigenvalue weighted by atomic mass is 10.1. The van der Waals surface area contributed by atoms with Crippen LogP contribution in [0.25, 0.3) is 0 Å². The molecule has 2 rings (SSSR count). The van der Waals surface area contributed by atoms with Gasteiger partial charge >= 0.3 is 0 Å². The lowest BCUT2D eigenvalue weighted by Crippen LogP contribution is -2.42. The smallest absolute Gasteiger partial charge is 0.129 e. The zero-order valence-corrected chi connectivity index (χ0v) is 9.02. The molecular formula is C10H19N3O2. The molecule has 1 N–H and O–H groups in total. The molecule has 0 saturated carbocycles. The molecule has 2 aliphatic rings. The van der Waals surface area contributed by atoms with Gasteiger partial charge in [0.15, 0.2) is 0 Å². The number of hydrogen-bond donors (Lipinski definition) is 1. The Balaban J connectivity index is 1.48. The van der Waals surface area contributed by atoms with Crippen molar-refractivity contribution >= 4 is 6.21 Å². The Bertz CT molecular complexity index is 201. The number of morpholine rings is 1. The summed E-state index contributed by atoms with van der Waals surface area (Å²) in [7, 11) is 0. The molecule has 5 nitrogen and oxygen atoms in total. The van der Waals surface area contributed by atoms with Crippen molar-refractivity contribution in [1.29, 1.82) is 0 Å². The minimum atomic E-state index is 0.577. The number of rotatable bonds is 5. The molecule has 0 aromatic heterocycles. The third-order valence-electron chi connectivity index (χ3n) is 2.76. The monoisotopic (exact) mass is 213 g/mol. The second-order valence-electron chi connectivity index (χ2n) is 3.96. The lowest BCUT2D eigenvalue weighted by molar-refractivity contribution is 0.0212. The van der Waals surface area contributed by atoms with Crippen molar-refractivity contribution in [2.75, 3.05) is 52.5 Å². The van der Waals surface area contributed by atoms with Crippen molar-refractivity contribution in [3.63, 3.8) is 0 Å². The van der Waals surface area contributed by atoms with Crippen molar-refractivity contribution in [1.82, 2.24) is 10.2 Å². The van der Waals surface area contributed by atoms with E-state index in [1.54, 1.807) is 0 Å². The van der Waals surface area contributed by atoms with Crippen LogP contribution in [0, 0.1) is 5.92 Å². The highest BCUT2D eigenvalue weighted by Crippen LogP contribution is 1.99. The highest BCUT2D eigenvalue weighted by atomic mass is 16.6. The summed E-state index contributed by atoms with van der Waals surface area (Å²) in [6, 6.07) is 0. The molecule has 0 spiro atoms. The van der Waals surface area contributed by atoms with E-state index in [2.05, 4.69) is 15.4 Å². The fraction of sp³-hybridized carbons (Fsp3) is 0.900. The van der Waals surface area contributed by atoms with Crippen LogP contribution in [-0.2, 0) is 9.57 Å². The predicted octanol–water partition coefficient (Wildman–Crippen LogP) is -0.460. The Kier molecular flexibility index (Phi) is 4.38. The molecule has 0 aliphatic carbocycles. The molecule has 2 aliphatic heterocycles. The first kappa shape index (κ1) is 10.9. The van der Waals surface area contributed by atoms with Crippen LogP contribution in [0.3, 0.4) is 0 Å². The molecule has 0 radical (unpaired) electrons. The normalized spacial score (nSPS) is 24.3. The summed E-state index contributed by atoms with van der Waals surface area (Å²) < 4.78 is 5.26. The molecule has 0 bridgehead atoms. The molecule has 5 heteroatoms. The fourth-order valence-electron chi connectivity index (χ4n) is 1.59. The van der Waals surface area contributed by atoms with Gasteiger partial charge < -0.3 is 14.9 Å². The van der Waals surface area contributed by atoms with Crippen LogP contribution in [0.2, 0.25) is 0 Å². The van der Waals surface area contributed by atoms with E-state index in [9.17, 15) is 0 Å². The van der Waals surface area contributed by atoms with Crippen LogP contribution < -0.4 is 5.32 Å². The van der Waals surface area contributed by atoms with Gasteiger partial charge in [0.05, 0.1) is 13.2 Å². The first-order chi connectivity index (χ1) is 7.45. The molecule has 15 heavy (non-hydrogen) atoms. The third kappa shape index (κ3) is 3.77. The van der Waals surface area contributed by atoms with E-state index in [1.807, 2.05) is 6.21 Å². The highest BCUT2D eigenvalue weighted by Gasteiger charge is 2.13. The number of ether oxygens (including phenoxy) is 1. The standard InChI is InChI=1S/C10H19N3O2/c1-4-14-5-2-13(1)3-6-15-12-9-10-7-11-8-10/h9-11H,1-8H2. The summed E-state index contributed by atoms with van der Waals surface area (Å²) in [5, 5.41) is 7.14. The van der Waals surface area contributed by atoms with Crippen LogP contribution >= 0.6 is 0 Å². The number of nitrogens with zero attached hydrogens (tertiary/aromatic N) is 2. The Labute approximate surface area is 90.4 Å². The Hall–Kier alpha value is -0.650. The lowest BCUT2D eigenvalue weighted by Gasteiger charge is -2.25. The Morgan fingerprint density at radius 3 is 2.87 bits per heavy atom. The van der Waals surface area contributed by atoms with Gasteiger partial charge in [-0.3, -0.25) is 4.90 Å². The van der Waals surface area contributed by atoms with Gasteiger partial charge in [0, 0.05) is 44.9 Å². The summed E-state index contributed by atoms with van der Waals surface area (Å²) in [6.45, 7) is 7.42. The number of oxime groups is 1. The van der Waals surface area contributed by atoms with Crippen molar-refractivity contribution in [3.8, 4) is 0 Å². The molecule has 0 aromatic carbocycles. The van der Waals surface area contributed by atoms with Crippen LogP contribution in [-0.4, -0.2) is 63.7 Å². The zero-order chi connectivity index (χ0) is 10.3. The molecule has 2 saturated heterocycles. The van der Waals surface area contributed by atoms with E-state index in [0.717, 1.165) is 45.9 Å². The minimum Gasteiger partial charge on any atom is -0.395 e. The van der Waals surface area contributed by atoms with Gasteiger partial charge in [-0.15, -0.1) is 0 Å². The summed E-state index contributed by atoms with van der Waals surface area (Å²) in [5.74, 6) is 0.577. The van der Waals surface area contributed by atoms with E-state index in [-0.39, 0.29) is 0 Å². The van der Waals surface area contributed by atoms with Gasteiger partial charge in [0.2, 0.25) is 0 Å². The van der Waals surface area contributed by atoms with Gasteiger partial charge in [-0.05, 0) is 0 Å². The second kappa shape index (κ2) is 6.05. The van der Waals surface area contributed by atoms with Crippen LogP contribution in [0.4, 0.5) is 0 Å². The van der Waals surface area contributed by atoms with Gasteiger partial charge in [-0.2, -0.15) is 0 Å². The predicted molar refractivity (Wildman–Crippen MR) is 58.1 cm³/mol. The molecule has 0 atom stereocenters. The molecule has 2 heterocycles. The maximum Gasteiger partial charge on any atom is 0.129 e. The topological polar surface area (TPSA) is 46.1 Å². The average Bonchev–Trinajstić information content (AvgIpc) is 2.22. The van der Waals surface area contributed by atoms with E-state index in [4.69, 9.17) is 9.57 Å². The average molecular weight is 213 g/mol. The van der Waals surface area contributed by atoms with Crippen LogP contribution in [0.5, 0.6) is 0 Å². The second-order valence-corrected chi connectivity index (χ2v) is 3.96. The first-order valence-electron chi connectivity index (χ1n) is 5.61. The maximum atomic E-state index is 5.26. The summed E-state index contributed by atoms with van der Waals surface area (Å²) >= 11 is 0. The number of hydrogen-bond acceptors (Lipinski definition) is 5. The first-order valence-corrected chi connectivity index (χ1v) is 5.61. The number of nitrogens with one attached hydrogen (secondary N) is 1. The summed E-state index contributed by atoms with van der Waals surface area (Å²) in [4.78, 5) is 7.54. The Morgan fingerprint density at radius 1 is 1.40 bits per heavy atom. The van der Waals surface area contributed by atoms with E-state index in [1.165, 1.54) is 0 Å². The van der Waals surface area contributed by atoms with Crippen molar-refractivity contribution in [3.05, 3.63) is 0 Å². The van der Waals surface area contributed by atoms with Crippen LogP contribution in [0.1, 0.15) is 0 Å². The Morgan fingerprint density at radius 2 is 2.20 bits per heavy atom. The van der Waals surface area contributed by atoms with Gasteiger partial charge in [-0.25, -0.2) is 0 Å². The highest BCUT2D eigenvalue weighted by molar-refractivity contribution is 5.61. The molecule has 2 fully saturated rings. The quantitative estimate of drug-likeness (QED) is 0.381. The van der Waals surface area contributed by atoms with E-state index < -0.39 is 0 Å². The van der Waals surface area contributed by atoms with Gasteiger partial charge in [0.1, 0.15) is 6.61 Å². The molecule has 0 unspecified atom stereocenters. The van der Waals surface area contributed by atoms with E-state index in [0.29, 0.717) is 12.5 Å². The van der Waals surface area contributed by atoms with Crippen molar-refractivity contribution < 1.29 is 9.57 Å². The van der Waals surface area contributed by atoms with Crippen LogP contribution in [0.15, 0.2) is 5.16 Å². The van der Waals surface area contributed by atoms with E-state index >= 15 is 0 Å². The fourth-order valence-corrected chi connectivity index (χ4v) is 1.59. The summed E-state index contributed by atoms with van der Waals surface area (Å²) in [5.41, 5.74) is 0. The largest absolute Gasteiger partial charge is 0.395 e. The summed E-state index contributed by atoms with van der Waals surface area (Å²) in [6.07, 6.45) is 1.90. The van der Waals surface area contributed by atoms with Crippen molar-refractivity contribution in [2.45, 2.75) is 0 Å². The maximum absolute atomic E-state index is 5.26. The zero-order valence-electron chi connectivity index (χ0n) is 9.02. The molecule has 0 aromatic rings. The third-order valence-corrected chi connectivity index (χ3v) is 2.76. The van der Waals surface area contributed by atoms with Gasteiger partial charge in [0.25, 0.3) is 0 Å². The minimum absolute atomic E-state index is 0.577.